The molecule has 5 rings (SSSR count). The van der Waals surface area contributed by atoms with Crippen LogP contribution in [0.3, 0.4) is 0 Å². The zero-order valence-electron chi connectivity index (χ0n) is 34.1. The standard InChI is InChI=1S/C42H61N3O10/c1-23-21-41(6,51-10)37(54-39-35(48)31(45(8)9)19-24(2)52-39)26(4)34(47)27(5)38(49)53-32(42(7)36(25(3)33(23)46)44-40(50)55-42)18-14-11-15-28-20-29-16-12-13-17-30(29)43-22-28/h12-13,16-17,20,22-27,31-32,35-37,39,48H,11,14-15,18-19,21H2,1-10H3,(H,44,50)/t23-,24?,25+,26+,27-,31?,32-,35?,36-,37-,39?,41-,42-/m1/s1. The van der Waals surface area contributed by atoms with Crippen LogP contribution in [0.25, 0.3) is 10.9 Å². The molecule has 3 aliphatic heterocycles. The summed E-state index contributed by atoms with van der Waals surface area (Å²) in [7, 11) is 5.23. The van der Waals surface area contributed by atoms with Gasteiger partial charge in [0, 0.05) is 42.5 Å². The quantitative estimate of drug-likeness (QED) is 0.199. The van der Waals surface area contributed by atoms with Crippen molar-refractivity contribution < 1.29 is 48.0 Å². The Balaban J connectivity index is 1.45. The van der Waals surface area contributed by atoms with Crippen LogP contribution in [0, 0.1) is 23.7 Å². The van der Waals surface area contributed by atoms with Crippen LogP contribution in [0.1, 0.15) is 86.1 Å². The molecule has 2 aromatic rings. The van der Waals surface area contributed by atoms with Crippen LogP contribution in [0.4, 0.5) is 4.79 Å². The Morgan fingerprint density at radius 1 is 1.00 bits per heavy atom. The van der Waals surface area contributed by atoms with Gasteiger partial charge >= 0.3 is 12.1 Å². The van der Waals surface area contributed by atoms with Gasteiger partial charge in [0.25, 0.3) is 0 Å². The molecule has 3 fully saturated rings. The van der Waals surface area contributed by atoms with Crippen molar-refractivity contribution in [1.82, 2.24) is 15.2 Å². The van der Waals surface area contributed by atoms with Crippen molar-refractivity contribution in [2.45, 2.75) is 141 Å². The van der Waals surface area contributed by atoms with Crippen molar-refractivity contribution in [3.05, 3.63) is 42.1 Å². The average molecular weight is 768 g/mol. The number of aromatic nitrogens is 1. The van der Waals surface area contributed by atoms with E-state index in [1.54, 1.807) is 34.6 Å². The number of rotatable bonds is 9. The second-order valence-corrected chi connectivity index (χ2v) is 16.8. The Bertz CT molecular complexity index is 1700. The molecule has 0 saturated carbocycles. The van der Waals surface area contributed by atoms with Crippen LogP contribution in [-0.2, 0) is 44.5 Å². The van der Waals surface area contributed by atoms with Gasteiger partial charge in [-0.05, 0) is 98.0 Å². The highest BCUT2D eigenvalue weighted by Gasteiger charge is 2.57. The van der Waals surface area contributed by atoms with Gasteiger partial charge in [0.1, 0.15) is 23.9 Å². The van der Waals surface area contributed by atoms with E-state index in [1.807, 2.05) is 56.4 Å². The number of aliphatic hydroxyl groups is 1. The van der Waals surface area contributed by atoms with Crippen molar-refractivity contribution >= 4 is 34.5 Å². The van der Waals surface area contributed by atoms with Gasteiger partial charge in [-0.15, -0.1) is 0 Å². The first-order valence-corrected chi connectivity index (χ1v) is 19.7. The number of Topliss-reactive ketones (excluding diaryl/α,β-unsaturated/α-hetero) is 2. The Morgan fingerprint density at radius 3 is 2.40 bits per heavy atom. The van der Waals surface area contributed by atoms with Gasteiger partial charge in [-0.2, -0.15) is 0 Å². The number of nitrogens with zero attached hydrogens (tertiary/aromatic N) is 2. The number of fused-ring (bicyclic) bond motifs is 2. The molecule has 1 amide bonds. The van der Waals surface area contributed by atoms with E-state index in [4.69, 9.17) is 23.7 Å². The average Bonchev–Trinajstić information content (AvgIpc) is 3.47. The number of hydrogen-bond acceptors (Lipinski definition) is 12. The fraction of sp³-hybridized carbons (Fsp3) is 0.690. The van der Waals surface area contributed by atoms with Crippen molar-refractivity contribution in [1.29, 1.82) is 0 Å². The highest BCUT2D eigenvalue weighted by atomic mass is 16.7. The summed E-state index contributed by atoms with van der Waals surface area (Å²) in [6.07, 6.45) is -0.205. The first kappa shape index (κ1) is 42.6. The summed E-state index contributed by atoms with van der Waals surface area (Å²) >= 11 is 0. The first-order chi connectivity index (χ1) is 25.9. The number of para-hydroxylation sites is 1. The molecule has 4 unspecified atom stereocenters. The highest BCUT2D eigenvalue weighted by Crippen LogP contribution is 2.40. The molecule has 4 heterocycles. The van der Waals surface area contributed by atoms with Crippen LogP contribution in [0.15, 0.2) is 36.5 Å². The lowest BCUT2D eigenvalue weighted by Crippen LogP contribution is -2.60. The summed E-state index contributed by atoms with van der Waals surface area (Å²) < 4.78 is 31.0. The zero-order valence-corrected chi connectivity index (χ0v) is 34.1. The number of nitrogens with one attached hydrogen (secondary N) is 1. The number of ketones is 2. The maximum atomic E-state index is 14.4. The van der Waals surface area contributed by atoms with Gasteiger partial charge < -0.3 is 39.0 Å². The molecule has 0 radical (unpaired) electrons. The lowest BCUT2D eigenvalue weighted by atomic mass is 9.73. The number of benzene rings is 1. The van der Waals surface area contributed by atoms with Gasteiger partial charge in [-0.1, -0.05) is 39.0 Å². The van der Waals surface area contributed by atoms with Crippen LogP contribution >= 0.6 is 0 Å². The molecule has 2 N–H and O–H groups in total. The number of pyridine rings is 1. The molecule has 55 heavy (non-hydrogen) atoms. The second kappa shape index (κ2) is 17.3. The van der Waals surface area contributed by atoms with Crippen LogP contribution in [-0.4, -0.2) is 114 Å². The van der Waals surface area contributed by atoms with E-state index in [0.29, 0.717) is 19.3 Å². The summed E-state index contributed by atoms with van der Waals surface area (Å²) in [5.41, 5.74) is -0.675. The number of carbonyl (C=O) groups is 4. The van der Waals surface area contributed by atoms with E-state index in [1.165, 1.54) is 14.0 Å². The third-order valence-electron chi connectivity index (χ3n) is 12.4. The number of aryl methyl sites for hydroxylation is 1. The molecule has 1 aromatic carbocycles. The predicted molar refractivity (Wildman–Crippen MR) is 205 cm³/mol. The van der Waals surface area contributed by atoms with Crippen LogP contribution in [0.5, 0.6) is 0 Å². The van der Waals surface area contributed by atoms with E-state index in [2.05, 4.69) is 16.4 Å². The summed E-state index contributed by atoms with van der Waals surface area (Å²) in [6.45, 7) is 12.1. The molecule has 13 atom stereocenters. The molecule has 0 spiro atoms. The third kappa shape index (κ3) is 9.06. The number of cyclic esters (lactones) is 1. The number of carbonyl (C=O) groups excluding carboxylic acids is 4. The largest absolute Gasteiger partial charge is 0.457 e. The number of alkyl carbamates (subject to hydrolysis) is 1. The molecule has 3 aliphatic rings. The Hall–Kier alpha value is -3.49. The maximum absolute atomic E-state index is 14.4. The minimum atomic E-state index is -1.41. The zero-order chi connectivity index (χ0) is 40.4. The topological polar surface area (TPSA) is 163 Å². The first-order valence-electron chi connectivity index (χ1n) is 19.7. The van der Waals surface area contributed by atoms with Gasteiger partial charge in [0.05, 0.1) is 29.4 Å². The number of likely N-dealkylation sites (N-methyl/N-ethyl adjacent to an activating group) is 1. The number of esters is 1. The summed E-state index contributed by atoms with van der Waals surface area (Å²) in [5.74, 6) is -4.97. The number of ether oxygens (including phenoxy) is 5. The second-order valence-electron chi connectivity index (χ2n) is 16.8. The molecular weight excluding hydrogens is 706 g/mol. The number of amides is 1. The van der Waals surface area contributed by atoms with Gasteiger partial charge in [0.2, 0.25) is 0 Å². The minimum absolute atomic E-state index is 0.133. The normalized spacial score (nSPS) is 37.9. The fourth-order valence-electron chi connectivity index (χ4n) is 8.95. The maximum Gasteiger partial charge on any atom is 0.408 e. The third-order valence-corrected chi connectivity index (χ3v) is 12.4. The van der Waals surface area contributed by atoms with Gasteiger partial charge in [-0.3, -0.25) is 19.4 Å². The number of unbranched alkanes of at least 4 members (excludes halogenated alkanes) is 1. The smallest absolute Gasteiger partial charge is 0.408 e. The lowest BCUT2D eigenvalue weighted by Gasteiger charge is -2.47. The molecule has 0 bridgehead atoms. The Kier molecular flexibility index (Phi) is 13.4. The molecule has 13 heteroatoms. The van der Waals surface area contributed by atoms with Crippen molar-refractivity contribution in [2.75, 3.05) is 21.2 Å². The van der Waals surface area contributed by atoms with Crippen molar-refractivity contribution in [3.8, 4) is 0 Å². The summed E-state index contributed by atoms with van der Waals surface area (Å²) in [4.78, 5) is 62.2. The fourth-order valence-corrected chi connectivity index (χ4v) is 8.95. The molecular formula is C42H61N3O10. The van der Waals surface area contributed by atoms with Crippen molar-refractivity contribution in [2.24, 2.45) is 23.7 Å². The molecule has 13 nitrogen and oxygen atoms in total. The lowest BCUT2D eigenvalue weighted by molar-refractivity contribution is -0.295. The van der Waals surface area contributed by atoms with Crippen LogP contribution < -0.4 is 5.32 Å². The minimum Gasteiger partial charge on any atom is -0.457 e. The molecule has 0 aliphatic carbocycles. The number of methoxy groups -OCH3 is 1. The Morgan fingerprint density at radius 2 is 1.71 bits per heavy atom. The SMILES string of the molecule is CO[C@]1(C)C[C@@H](C)C(=O)[C@H](C)[C@H]2NC(=O)O[C@]2(C)[C@@H](CCCCc2cnc3ccccc3c2)OC(=O)[C@H](C)C(=O)[C@H](C)[C@H]1OC1OC(C)CC(N(C)C)C1O. The van der Waals surface area contributed by atoms with E-state index in [9.17, 15) is 24.3 Å². The Labute approximate surface area is 325 Å². The molecule has 3 saturated heterocycles. The molecule has 1 aromatic heterocycles. The predicted octanol–water partition coefficient (Wildman–Crippen LogP) is 5.03. The van der Waals surface area contributed by atoms with E-state index >= 15 is 0 Å². The monoisotopic (exact) mass is 767 g/mol. The van der Waals surface area contributed by atoms with Crippen molar-refractivity contribution in [3.63, 3.8) is 0 Å². The van der Waals surface area contributed by atoms with Gasteiger partial charge in [0.15, 0.2) is 17.7 Å². The summed E-state index contributed by atoms with van der Waals surface area (Å²) in [6, 6.07) is 8.92. The van der Waals surface area contributed by atoms with E-state index < -0.39 is 83.4 Å². The molecule has 304 valence electrons. The summed E-state index contributed by atoms with van der Waals surface area (Å²) in [5, 5.41) is 15.3. The van der Waals surface area contributed by atoms with Gasteiger partial charge in [-0.25, -0.2) is 4.79 Å². The van der Waals surface area contributed by atoms with Crippen LogP contribution in [0.2, 0.25) is 0 Å². The van der Waals surface area contributed by atoms with E-state index in [-0.39, 0.29) is 24.3 Å². The van der Waals surface area contributed by atoms with E-state index in [0.717, 1.165) is 29.3 Å². The number of aliphatic hydroxyl groups excluding tert-OH is 1. The highest BCUT2D eigenvalue weighted by molar-refractivity contribution is 6.00. The number of hydrogen-bond donors (Lipinski definition) is 2.